The number of aryl methyl sites for hydroxylation is 1. The molecule has 0 atom stereocenters. The molecule has 120 valence electrons. The molecule has 0 spiro atoms. The van der Waals surface area contributed by atoms with E-state index in [0.717, 1.165) is 6.54 Å². The molecule has 1 heterocycles. The Morgan fingerprint density at radius 2 is 1.50 bits per heavy atom. The van der Waals surface area contributed by atoms with Crippen LogP contribution in [0.3, 0.4) is 0 Å². The fourth-order valence-electron chi connectivity index (χ4n) is 2.98. The van der Waals surface area contributed by atoms with Crippen molar-refractivity contribution >= 4 is 53.0 Å². The topological polar surface area (TPSA) is 34.1 Å². The molecule has 3 aromatic carbocycles. The van der Waals surface area contributed by atoms with Crippen LogP contribution in [0.4, 0.5) is 0 Å². The summed E-state index contributed by atoms with van der Waals surface area (Å²) in [6.45, 7) is 2.06. The third kappa shape index (κ3) is 2.52. The van der Waals surface area contributed by atoms with Gasteiger partial charge in [0, 0.05) is 0 Å². The van der Waals surface area contributed by atoms with E-state index in [1.54, 1.807) is 24.3 Å². The summed E-state index contributed by atoms with van der Waals surface area (Å²) in [5.74, 6) is 0. The molecule has 3 aromatic rings. The minimum absolute atomic E-state index is 0.434. The van der Waals surface area contributed by atoms with Gasteiger partial charge in [-0.15, -0.1) is 0 Å². The summed E-state index contributed by atoms with van der Waals surface area (Å²) in [5.41, 5.74) is 1.20. The summed E-state index contributed by atoms with van der Waals surface area (Å²) in [5, 5.41) is 0.593. The zero-order chi connectivity index (χ0) is 16.9. The first-order valence-electron chi connectivity index (χ1n) is 7.49. The average molecular weight is 551 g/mol. The van der Waals surface area contributed by atoms with Gasteiger partial charge in [0.25, 0.3) is 0 Å². The summed E-state index contributed by atoms with van der Waals surface area (Å²) >= 11 is 3.53. The van der Waals surface area contributed by atoms with Crippen LogP contribution in [0.2, 0.25) is 5.02 Å². The van der Waals surface area contributed by atoms with Gasteiger partial charge in [-0.05, 0) is 0 Å². The quantitative estimate of drug-likeness (QED) is 0.341. The number of hydrogen-bond donors (Lipinski definition) is 0. The Labute approximate surface area is 154 Å². The van der Waals surface area contributed by atoms with Crippen molar-refractivity contribution in [3.05, 3.63) is 77.3 Å². The molecule has 5 heteroatoms. The van der Waals surface area contributed by atoms with Crippen LogP contribution in [0.5, 0.6) is 0 Å². The molecule has 0 N–H and O–H groups in total. The second kappa shape index (κ2) is 5.94. The first-order chi connectivity index (χ1) is 11.5. The van der Waals surface area contributed by atoms with E-state index in [4.69, 9.17) is 11.6 Å². The van der Waals surface area contributed by atoms with Gasteiger partial charge in [0.15, 0.2) is 0 Å². The maximum atomic E-state index is 13.0. The van der Waals surface area contributed by atoms with Gasteiger partial charge in [-0.25, -0.2) is 0 Å². The summed E-state index contributed by atoms with van der Waals surface area (Å²) in [6, 6.07) is 21.1. The van der Waals surface area contributed by atoms with Crippen molar-refractivity contribution in [1.29, 1.82) is 0 Å². The Hall–Kier alpha value is -1.22. The molecule has 24 heavy (non-hydrogen) atoms. The van der Waals surface area contributed by atoms with Crippen LogP contribution in [0.15, 0.2) is 76.5 Å². The van der Waals surface area contributed by atoms with Crippen molar-refractivity contribution in [3.8, 4) is 0 Å². The molecule has 0 radical (unpaired) electrons. The average Bonchev–Trinajstić information content (AvgIpc) is 2.56. The van der Waals surface area contributed by atoms with Crippen LogP contribution in [0, 0.1) is 6.92 Å². The van der Waals surface area contributed by atoms with Crippen LogP contribution < -0.4 is 9.81 Å². The molecule has 0 unspecified atom stereocenters. The SMILES string of the molecule is Cc1cc[c]([Bi]2[c]3ccccc3S(=O)(=O)c3ccc(Cl)c[c]32)cc1. The number of benzene rings is 3. The molecule has 1 aliphatic rings. The van der Waals surface area contributed by atoms with Crippen molar-refractivity contribution in [3.63, 3.8) is 0 Å². The maximum absolute atomic E-state index is 13.0. The summed E-state index contributed by atoms with van der Waals surface area (Å²) < 4.78 is 29.3. The molecule has 0 bridgehead atoms. The third-order valence-corrected chi connectivity index (χ3v) is 17.3. The summed E-state index contributed by atoms with van der Waals surface area (Å²) in [4.78, 5) is 0.905. The van der Waals surface area contributed by atoms with E-state index in [1.807, 2.05) is 18.2 Å². The first-order valence-corrected chi connectivity index (χ1v) is 14.6. The Bertz CT molecular complexity index is 1040. The Kier molecular flexibility index (Phi) is 4.03. The molecule has 0 saturated heterocycles. The number of rotatable bonds is 1. The number of hydrogen-bond acceptors (Lipinski definition) is 2. The van der Waals surface area contributed by atoms with Crippen LogP contribution in [0.25, 0.3) is 0 Å². The fourth-order valence-corrected chi connectivity index (χ4v) is 18.5. The van der Waals surface area contributed by atoms with Crippen molar-refractivity contribution in [2.45, 2.75) is 16.7 Å². The molecule has 2 nitrogen and oxygen atoms in total. The first kappa shape index (κ1) is 16.3. The standard InChI is InChI=1S/C12H7ClO2S.C7H7.Bi/c13-10-6-8-12(9-7-10)16(14,15)11-4-2-1-3-5-11;1-7-5-3-2-4-6-7;/h1-4,6-8H;3-6H,1H3;. The van der Waals surface area contributed by atoms with Crippen LogP contribution in [0.1, 0.15) is 5.56 Å². The monoisotopic (exact) mass is 550 g/mol. The number of fused-ring (bicyclic) bond motifs is 2. The second-order valence-corrected chi connectivity index (χ2v) is 16.4. The summed E-state index contributed by atoms with van der Waals surface area (Å²) in [7, 11) is -3.47. The van der Waals surface area contributed by atoms with E-state index >= 15 is 0 Å². The normalized spacial score (nSPS) is 15.6. The predicted octanol–water partition coefficient (Wildman–Crippen LogP) is 2.31. The van der Waals surface area contributed by atoms with Crippen LogP contribution >= 0.6 is 11.6 Å². The van der Waals surface area contributed by atoms with E-state index in [0.29, 0.717) is 14.8 Å². The van der Waals surface area contributed by atoms with E-state index in [2.05, 4.69) is 31.2 Å². The molecular weight excluding hydrogens is 537 g/mol. The van der Waals surface area contributed by atoms with Crippen LogP contribution in [-0.2, 0) is 9.84 Å². The molecule has 4 rings (SSSR count). The Balaban J connectivity index is 2.08. The van der Waals surface area contributed by atoms with Crippen molar-refractivity contribution in [2.75, 3.05) is 0 Å². The van der Waals surface area contributed by atoms with E-state index < -0.39 is 31.6 Å². The zero-order valence-electron chi connectivity index (χ0n) is 12.9. The van der Waals surface area contributed by atoms with Crippen molar-refractivity contribution < 1.29 is 8.42 Å². The van der Waals surface area contributed by atoms with Gasteiger partial charge >= 0.3 is 155 Å². The van der Waals surface area contributed by atoms with E-state index in [-0.39, 0.29) is 0 Å². The van der Waals surface area contributed by atoms with Crippen molar-refractivity contribution in [2.24, 2.45) is 0 Å². The molecule has 0 fully saturated rings. The van der Waals surface area contributed by atoms with Crippen LogP contribution in [-0.4, -0.2) is 30.2 Å². The minimum atomic E-state index is -3.47. The molecule has 0 saturated carbocycles. The number of sulfone groups is 1. The third-order valence-electron chi connectivity index (χ3n) is 4.14. The molecule has 0 aliphatic carbocycles. The van der Waals surface area contributed by atoms with E-state index in [9.17, 15) is 8.42 Å². The molecular formula is C19H14BiClO2S. The zero-order valence-corrected chi connectivity index (χ0v) is 18.0. The molecule has 0 amide bonds. The molecule has 0 aromatic heterocycles. The van der Waals surface area contributed by atoms with Gasteiger partial charge in [-0.3, -0.25) is 0 Å². The van der Waals surface area contributed by atoms with Gasteiger partial charge in [0.2, 0.25) is 0 Å². The van der Waals surface area contributed by atoms with Gasteiger partial charge in [0.05, 0.1) is 0 Å². The Morgan fingerprint density at radius 3 is 2.25 bits per heavy atom. The Morgan fingerprint density at radius 1 is 0.833 bits per heavy atom. The number of halogens is 1. The second-order valence-electron chi connectivity index (χ2n) is 5.75. The summed E-state index contributed by atoms with van der Waals surface area (Å²) in [6.07, 6.45) is 0. The van der Waals surface area contributed by atoms with Gasteiger partial charge in [-0.2, -0.15) is 0 Å². The van der Waals surface area contributed by atoms with Gasteiger partial charge in [-0.1, -0.05) is 0 Å². The van der Waals surface area contributed by atoms with Gasteiger partial charge in [0.1, 0.15) is 0 Å². The predicted molar refractivity (Wildman–Crippen MR) is 99.2 cm³/mol. The van der Waals surface area contributed by atoms with Gasteiger partial charge < -0.3 is 0 Å². The van der Waals surface area contributed by atoms with Crippen molar-refractivity contribution in [1.82, 2.24) is 0 Å². The fraction of sp³-hybridized carbons (Fsp3) is 0.0526. The van der Waals surface area contributed by atoms with E-state index in [1.165, 1.54) is 8.83 Å². The molecule has 1 aliphatic heterocycles.